The second kappa shape index (κ2) is 7.40. The van der Waals surface area contributed by atoms with E-state index < -0.39 is 11.9 Å². The minimum Gasteiger partial charge on any atom is -0.368 e. The van der Waals surface area contributed by atoms with Gasteiger partial charge in [0.25, 0.3) is 5.91 Å². The van der Waals surface area contributed by atoms with Gasteiger partial charge in [0, 0.05) is 22.7 Å². The van der Waals surface area contributed by atoms with Crippen molar-refractivity contribution in [2.75, 3.05) is 0 Å². The molecule has 0 aliphatic rings. The largest absolute Gasteiger partial charge is 0.368 e. The molecule has 3 N–H and O–H groups in total. The number of hydrogen-bond donors (Lipinski definition) is 2. The number of carbonyl (C=O) groups excluding carboxylic acids is 2. The SMILES string of the molecule is NC(=O)[C@@H](Cc1cnc2ccccc2n1)NC(=O)c1cccc(Br)c1. The predicted molar refractivity (Wildman–Crippen MR) is 97.8 cm³/mol. The predicted octanol–water partition coefficient (Wildman–Crippen LogP) is 2.22. The van der Waals surface area contributed by atoms with Crippen molar-refractivity contribution in [1.82, 2.24) is 15.3 Å². The van der Waals surface area contributed by atoms with Gasteiger partial charge in [-0.25, -0.2) is 4.98 Å². The Kier molecular flexibility index (Phi) is 5.04. The lowest BCUT2D eigenvalue weighted by Crippen LogP contribution is -2.46. The number of nitrogens with zero attached hydrogens (tertiary/aromatic N) is 2. The summed E-state index contributed by atoms with van der Waals surface area (Å²) >= 11 is 3.31. The van der Waals surface area contributed by atoms with E-state index in [4.69, 9.17) is 5.73 Å². The van der Waals surface area contributed by atoms with E-state index >= 15 is 0 Å². The Balaban J connectivity index is 1.78. The standard InChI is InChI=1S/C18H15BrN4O2/c19-12-5-3-4-11(8-12)18(25)23-16(17(20)24)9-13-10-21-14-6-1-2-7-15(14)22-13/h1-8,10,16H,9H2,(H2,20,24)(H,23,25)/t16-/m1/s1. The molecule has 2 amide bonds. The zero-order chi connectivity index (χ0) is 17.8. The lowest BCUT2D eigenvalue weighted by atomic mass is 10.1. The number of nitrogens with one attached hydrogen (secondary N) is 1. The molecule has 0 spiro atoms. The van der Waals surface area contributed by atoms with Gasteiger partial charge in [-0.05, 0) is 30.3 Å². The van der Waals surface area contributed by atoms with Gasteiger partial charge in [0.05, 0.1) is 16.7 Å². The summed E-state index contributed by atoms with van der Waals surface area (Å²) in [6.45, 7) is 0. The van der Waals surface area contributed by atoms with Gasteiger partial charge in [-0.1, -0.05) is 34.1 Å². The number of nitrogens with two attached hydrogens (primary N) is 1. The molecule has 3 aromatic rings. The molecule has 3 rings (SSSR count). The summed E-state index contributed by atoms with van der Waals surface area (Å²) in [6.07, 6.45) is 1.76. The Bertz CT molecular complexity index is 945. The number of benzene rings is 2. The van der Waals surface area contributed by atoms with E-state index in [2.05, 4.69) is 31.2 Å². The summed E-state index contributed by atoms with van der Waals surface area (Å²) in [5.74, 6) is -1.00. The molecule has 1 aromatic heterocycles. The molecule has 7 heteroatoms. The van der Waals surface area contributed by atoms with Crippen LogP contribution in [0.4, 0.5) is 0 Å². The molecule has 0 aliphatic carbocycles. The zero-order valence-electron chi connectivity index (χ0n) is 13.1. The van der Waals surface area contributed by atoms with E-state index in [1.54, 1.807) is 24.4 Å². The Morgan fingerprint density at radius 3 is 2.60 bits per heavy atom. The topological polar surface area (TPSA) is 98.0 Å². The molecule has 0 aliphatic heterocycles. The molecule has 25 heavy (non-hydrogen) atoms. The molecule has 0 fully saturated rings. The first-order chi connectivity index (χ1) is 12.0. The maximum atomic E-state index is 12.3. The lowest BCUT2D eigenvalue weighted by molar-refractivity contribution is -0.119. The van der Waals surface area contributed by atoms with Crippen LogP contribution in [0.25, 0.3) is 11.0 Å². The van der Waals surface area contributed by atoms with Gasteiger partial charge in [0.2, 0.25) is 5.91 Å². The Labute approximate surface area is 152 Å². The monoisotopic (exact) mass is 398 g/mol. The van der Waals surface area contributed by atoms with Gasteiger partial charge < -0.3 is 11.1 Å². The molecule has 1 heterocycles. The van der Waals surface area contributed by atoms with Crippen LogP contribution in [0.1, 0.15) is 16.1 Å². The number of amides is 2. The molecule has 0 radical (unpaired) electrons. The van der Waals surface area contributed by atoms with Gasteiger partial charge in [-0.3, -0.25) is 14.6 Å². The smallest absolute Gasteiger partial charge is 0.251 e. The number of primary amides is 1. The lowest BCUT2D eigenvalue weighted by Gasteiger charge is -2.15. The summed E-state index contributed by atoms with van der Waals surface area (Å²) < 4.78 is 0.774. The summed E-state index contributed by atoms with van der Waals surface area (Å²) in [7, 11) is 0. The second-order valence-corrected chi connectivity index (χ2v) is 6.41. The van der Waals surface area contributed by atoms with Crippen molar-refractivity contribution in [3.05, 3.63) is 70.5 Å². The van der Waals surface area contributed by atoms with Crippen molar-refractivity contribution in [2.45, 2.75) is 12.5 Å². The molecular formula is C18H15BrN4O2. The fourth-order valence-electron chi connectivity index (χ4n) is 2.40. The molecular weight excluding hydrogens is 384 g/mol. The first kappa shape index (κ1) is 17.0. The number of hydrogen-bond acceptors (Lipinski definition) is 4. The van der Waals surface area contributed by atoms with Crippen LogP contribution in [0.3, 0.4) is 0 Å². The maximum absolute atomic E-state index is 12.3. The van der Waals surface area contributed by atoms with Crippen LogP contribution < -0.4 is 11.1 Å². The van der Waals surface area contributed by atoms with Crippen LogP contribution in [-0.2, 0) is 11.2 Å². The number of carbonyl (C=O) groups is 2. The third kappa shape index (κ3) is 4.19. The van der Waals surface area contributed by atoms with E-state index in [1.807, 2.05) is 30.3 Å². The Morgan fingerprint density at radius 1 is 1.12 bits per heavy atom. The minimum atomic E-state index is -0.873. The van der Waals surface area contributed by atoms with E-state index in [1.165, 1.54) is 0 Å². The summed E-state index contributed by atoms with van der Waals surface area (Å²) in [4.78, 5) is 32.9. The van der Waals surface area contributed by atoms with Crippen LogP contribution in [0, 0.1) is 0 Å². The molecule has 0 unspecified atom stereocenters. The van der Waals surface area contributed by atoms with Crippen molar-refractivity contribution in [3.8, 4) is 0 Å². The van der Waals surface area contributed by atoms with Crippen molar-refractivity contribution >= 4 is 38.8 Å². The quantitative estimate of drug-likeness (QED) is 0.688. The van der Waals surface area contributed by atoms with E-state index in [0.29, 0.717) is 11.3 Å². The fraction of sp³-hybridized carbons (Fsp3) is 0.111. The minimum absolute atomic E-state index is 0.174. The van der Waals surface area contributed by atoms with Gasteiger partial charge in [-0.2, -0.15) is 0 Å². The third-order valence-electron chi connectivity index (χ3n) is 3.65. The fourth-order valence-corrected chi connectivity index (χ4v) is 2.80. The average molecular weight is 399 g/mol. The molecule has 2 aromatic carbocycles. The zero-order valence-corrected chi connectivity index (χ0v) is 14.7. The molecule has 0 bridgehead atoms. The summed E-state index contributed by atoms with van der Waals surface area (Å²) in [5.41, 5.74) is 7.95. The van der Waals surface area contributed by atoms with E-state index in [0.717, 1.165) is 15.5 Å². The highest BCUT2D eigenvalue weighted by Gasteiger charge is 2.20. The van der Waals surface area contributed by atoms with Crippen molar-refractivity contribution in [3.63, 3.8) is 0 Å². The van der Waals surface area contributed by atoms with Crippen molar-refractivity contribution in [1.29, 1.82) is 0 Å². The number of para-hydroxylation sites is 2. The summed E-state index contributed by atoms with van der Waals surface area (Å²) in [5, 5.41) is 2.65. The number of halogens is 1. The Morgan fingerprint density at radius 2 is 1.88 bits per heavy atom. The molecule has 6 nitrogen and oxygen atoms in total. The van der Waals surface area contributed by atoms with Gasteiger partial charge in [0.1, 0.15) is 6.04 Å². The Hall–Kier alpha value is -2.80. The van der Waals surface area contributed by atoms with Crippen LogP contribution in [0.2, 0.25) is 0 Å². The van der Waals surface area contributed by atoms with Gasteiger partial charge in [0.15, 0.2) is 0 Å². The third-order valence-corrected chi connectivity index (χ3v) is 4.14. The van der Waals surface area contributed by atoms with Gasteiger partial charge in [-0.15, -0.1) is 0 Å². The normalized spacial score (nSPS) is 11.9. The number of aromatic nitrogens is 2. The second-order valence-electron chi connectivity index (χ2n) is 5.49. The van der Waals surface area contributed by atoms with Crippen LogP contribution in [0.15, 0.2) is 59.2 Å². The first-order valence-corrected chi connectivity index (χ1v) is 8.38. The van der Waals surface area contributed by atoms with Crippen molar-refractivity contribution < 1.29 is 9.59 Å². The highest BCUT2D eigenvalue weighted by molar-refractivity contribution is 9.10. The highest BCUT2D eigenvalue weighted by Crippen LogP contribution is 2.13. The maximum Gasteiger partial charge on any atom is 0.251 e. The molecule has 0 saturated carbocycles. The summed E-state index contributed by atoms with van der Waals surface area (Å²) in [6, 6.07) is 13.4. The highest BCUT2D eigenvalue weighted by atomic mass is 79.9. The van der Waals surface area contributed by atoms with Crippen LogP contribution >= 0.6 is 15.9 Å². The first-order valence-electron chi connectivity index (χ1n) is 7.59. The molecule has 0 saturated heterocycles. The average Bonchev–Trinajstić information content (AvgIpc) is 2.61. The van der Waals surface area contributed by atoms with E-state index in [9.17, 15) is 9.59 Å². The van der Waals surface area contributed by atoms with Gasteiger partial charge >= 0.3 is 0 Å². The van der Waals surface area contributed by atoms with Crippen molar-refractivity contribution in [2.24, 2.45) is 5.73 Å². The molecule has 126 valence electrons. The van der Waals surface area contributed by atoms with Crippen LogP contribution in [0.5, 0.6) is 0 Å². The van der Waals surface area contributed by atoms with E-state index in [-0.39, 0.29) is 12.3 Å². The van der Waals surface area contributed by atoms with Crippen LogP contribution in [-0.4, -0.2) is 27.8 Å². The number of fused-ring (bicyclic) bond motifs is 1. The molecule has 1 atom stereocenters. The number of rotatable bonds is 5.